The molecule has 19 heavy (non-hydrogen) atoms. The number of rotatable bonds is 2. The van der Waals surface area contributed by atoms with Crippen molar-refractivity contribution < 1.29 is 4.39 Å². The van der Waals surface area contributed by atoms with E-state index in [2.05, 4.69) is 47.8 Å². The summed E-state index contributed by atoms with van der Waals surface area (Å²) in [6.45, 7) is 2.00. The Balaban J connectivity index is 2.53. The van der Waals surface area contributed by atoms with E-state index in [1.54, 1.807) is 18.2 Å². The first-order chi connectivity index (χ1) is 8.91. The lowest BCUT2D eigenvalue weighted by molar-refractivity contribution is 0.614. The molecule has 1 unspecified atom stereocenters. The summed E-state index contributed by atoms with van der Waals surface area (Å²) in [5, 5.41) is 0.129. The second-order valence-electron chi connectivity index (χ2n) is 4.13. The fourth-order valence-corrected chi connectivity index (χ4v) is 4.01. The molecule has 0 spiro atoms. The third-order valence-corrected chi connectivity index (χ3v) is 5.63. The van der Waals surface area contributed by atoms with Crippen molar-refractivity contribution in [1.82, 2.24) is 0 Å². The van der Waals surface area contributed by atoms with Crippen molar-refractivity contribution >= 4 is 59.4 Å². The highest BCUT2D eigenvalue weighted by atomic mass is 79.9. The second kappa shape index (κ2) is 6.25. The average Bonchev–Trinajstić information content (AvgIpc) is 2.36. The maximum Gasteiger partial charge on any atom is 0.146 e. The first-order valence-electron chi connectivity index (χ1n) is 5.45. The molecule has 2 aromatic rings. The summed E-state index contributed by atoms with van der Waals surface area (Å²) in [6, 6.07) is 8.97. The highest BCUT2D eigenvalue weighted by Crippen LogP contribution is 2.39. The molecular formula is C14H9Br3ClF. The topological polar surface area (TPSA) is 0 Å². The van der Waals surface area contributed by atoms with E-state index in [-0.39, 0.29) is 9.85 Å². The van der Waals surface area contributed by atoms with E-state index >= 15 is 0 Å². The van der Waals surface area contributed by atoms with Crippen molar-refractivity contribution in [2.75, 3.05) is 0 Å². The Morgan fingerprint density at radius 2 is 1.79 bits per heavy atom. The van der Waals surface area contributed by atoms with E-state index in [4.69, 9.17) is 11.6 Å². The summed E-state index contributed by atoms with van der Waals surface area (Å²) in [5.41, 5.74) is 2.57. The Labute approximate surface area is 141 Å². The zero-order valence-electron chi connectivity index (χ0n) is 9.85. The molecular weight excluding hydrogens is 462 g/mol. The van der Waals surface area contributed by atoms with Gasteiger partial charge in [-0.3, -0.25) is 0 Å². The molecule has 2 aromatic carbocycles. The monoisotopic (exact) mass is 468 g/mol. The van der Waals surface area contributed by atoms with Gasteiger partial charge in [-0.2, -0.15) is 0 Å². The van der Waals surface area contributed by atoms with Gasteiger partial charge in [-0.25, -0.2) is 4.39 Å². The molecule has 0 N–H and O–H groups in total. The maximum atomic E-state index is 14.1. The summed E-state index contributed by atoms with van der Waals surface area (Å²) in [5.74, 6) is -0.394. The molecule has 0 aliphatic rings. The van der Waals surface area contributed by atoms with E-state index < -0.39 is 5.82 Å². The number of hydrogen-bond donors (Lipinski definition) is 0. The van der Waals surface area contributed by atoms with Crippen LogP contribution < -0.4 is 0 Å². The molecule has 5 heteroatoms. The van der Waals surface area contributed by atoms with Crippen LogP contribution in [0.4, 0.5) is 4.39 Å². The van der Waals surface area contributed by atoms with Crippen molar-refractivity contribution in [3.63, 3.8) is 0 Å². The molecule has 0 radical (unpaired) electrons. The van der Waals surface area contributed by atoms with Crippen LogP contribution in [-0.4, -0.2) is 0 Å². The number of hydrogen-bond acceptors (Lipinski definition) is 0. The minimum absolute atomic E-state index is 0.129. The standard InChI is InChI=1S/C14H9Br3ClF/c1-7-5-11(16)9(6-10(7)15)13(17)8-3-2-4-12(18)14(8)19/h2-6,13H,1H3. The van der Waals surface area contributed by atoms with Gasteiger partial charge < -0.3 is 0 Å². The molecule has 0 nitrogen and oxygen atoms in total. The van der Waals surface area contributed by atoms with Crippen molar-refractivity contribution in [2.24, 2.45) is 0 Å². The number of halogens is 5. The van der Waals surface area contributed by atoms with Crippen molar-refractivity contribution in [3.05, 3.63) is 66.8 Å². The van der Waals surface area contributed by atoms with Gasteiger partial charge in [0.05, 0.1) is 9.85 Å². The second-order valence-corrected chi connectivity index (χ2v) is 7.16. The predicted molar refractivity (Wildman–Crippen MR) is 88.8 cm³/mol. The molecule has 0 aliphatic heterocycles. The summed E-state index contributed by atoms with van der Waals surface area (Å²) < 4.78 is 16.0. The van der Waals surface area contributed by atoms with Gasteiger partial charge in [0, 0.05) is 14.5 Å². The van der Waals surface area contributed by atoms with Gasteiger partial charge in [0.2, 0.25) is 0 Å². The largest absolute Gasteiger partial charge is 0.205 e. The lowest BCUT2D eigenvalue weighted by atomic mass is 10.0. The van der Waals surface area contributed by atoms with Gasteiger partial charge in [-0.05, 0) is 36.2 Å². The quantitative estimate of drug-likeness (QED) is 0.423. The minimum Gasteiger partial charge on any atom is -0.205 e. The lowest BCUT2D eigenvalue weighted by Crippen LogP contribution is -1.99. The first-order valence-corrected chi connectivity index (χ1v) is 8.33. The summed E-state index contributed by atoms with van der Waals surface area (Å²) in [4.78, 5) is -0.266. The van der Waals surface area contributed by atoms with Crippen LogP contribution in [0.1, 0.15) is 21.5 Å². The van der Waals surface area contributed by atoms with Crippen LogP contribution in [0.25, 0.3) is 0 Å². The van der Waals surface area contributed by atoms with E-state index in [1.807, 2.05) is 19.1 Å². The molecule has 0 aromatic heterocycles. The molecule has 0 saturated carbocycles. The number of alkyl halides is 1. The number of benzene rings is 2. The zero-order valence-corrected chi connectivity index (χ0v) is 15.4. The van der Waals surface area contributed by atoms with Crippen LogP contribution in [0.2, 0.25) is 5.02 Å². The molecule has 0 fully saturated rings. The van der Waals surface area contributed by atoms with E-state index in [0.717, 1.165) is 20.1 Å². The van der Waals surface area contributed by atoms with Gasteiger partial charge in [0.25, 0.3) is 0 Å². The highest BCUT2D eigenvalue weighted by Gasteiger charge is 2.19. The molecule has 0 bridgehead atoms. The maximum absolute atomic E-state index is 14.1. The zero-order chi connectivity index (χ0) is 14.2. The Hall–Kier alpha value is 0.1000. The minimum atomic E-state index is -0.394. The molecule has 0 heterocycles. The van der Waals surface area contributed by atoms with Crippen LogP contribution in [0, 0.1) is 12.7 Å². The van der Waals surface area contributed by atoms with Gasteiger partial charge in [0.15, 0.2) is 0 Å². The third-order valence-electron chi connectivity index (χ3n) is 2.81. The molecule has 0 aliphatic carbocycles. The van der Waals surface area contributed by atoms with Gasteiger partial charge in [-0.15, -0.1) is 0 Å². The third kappa shape index (κ3) is 3.23. The van der Waals surface area contributed by atoms with Crippen LogP contribution in [0.3, 0.4) is 0 Å². The van der Waals surface area contributed by atoms with Crippen molar-refractivity contribution in [2.45, 2.75) is 11.8 Å². The van der Waals surface area contributed by atoms with Crippen LogP contribution in [-0.2, 0) is 0 Å². The summed E-state index contributed by atoms with van der Waals surface area (Å²) in [7, 11) is 0. The average molecular weight is 471 g/mol. The Kier molecular flexibility index (Phi) is 5.09. The van der Waals surface area contributed by atoms with E-state index in [1.165, 1.54) is 0 Å². The van der Waals surface area contributed by atoms with Crippen LogP contribution >= 0.6 is 59.4 Å². The van der Waals surface area contributed by atoms with Crippen molar-refractivity contribution in [3.8, 4) is 0 Å². The SMILES string of the molecule is Cc1cc(Br)c(C(Br)c2cccc(Cl)c2F)cc1Br. The lowest BCUT2D eigenvalue weighted by Gasteiger charge is -2.15. The van der Waals surface area contributed by atoms with E-state index in [0.29, 0.717) is 5.56 Å². The van der Waals surface area contributed by atoms with Crippen molar-refractivity contribution in [1.29, 1.82) is 0 Å². The van der Waals surface area contributed by atoms with Crippen LogP contribution in [0.15, 0.2) is 39.3 Å². The van der Waals surface area contributed by atoms with Gasteiger partial charge >= 0.3 is 0 Å². The van der Waals surface area contributed by atoms with E-state index in [9.17, 15) is 4.39 Å². The normalized spacial score (nSPS) is 12.5. The summed E-state index contributed by atoms with van der Waals surface area (Å²) >= 11 is 16.4. The Morgan fingerprint density at radius 1 is 1.11 bits per heavy atom. The molecule has 0 amide bonds. The molecule has 1 atom stereocenters. The predicted octanol–water partition coefficient (Wildman–Crippen LogP) is 6.80. The van der Waals surface area contributed by atoms with Crippen LogP contribution in [0.5, 0.6) is 0 Å². The smallest absolute Gasteiger partial charge is 0.146 e. The fourth-order valence-electron chi connectivity index (χ4n) is 1.74. The van der Waals surface area contributed by atoms with Gasteiger partial charge in [0.1, 0.15) is 5.82 Å². The highest BCUT2D eigenvalue weighted by molar-refractivity contribution is 9.11. The molecule has 100 valence electrons. The molecule has 2 rings (SSSR count). The fraction of sp³-hybridized carbons (Fsp3) is 0.143. The Bertz CT molecular complexity index is 628. The summed E-state index contributed by atoms with van der Waals surface area (Å²) in [6.07, 6.45) is 0. The number of aryl methyl sites for hydroxylation is 1. The first kappa shape index (κ1) is 15.5. The molecule has 0 saturated heterocycles. The van der Waals surface area contributed by atoms with Gasteiger partial charge in [-0.1, -0.05) is 71.5 Å². The Morgan fingerprint density at radius 3 is 2.47 bits per heavy atom.